The van der Waals surface area contributed by atoms with E-state index in [0.717, 1.165) is 25.5 Å². The molecule has 0 saturated carbocycles. The van der Waals surface area contributed by atoms with Crippen LogP contribution in [0.4, 0.5) is 0 Å². The predicted octanol–water partition coefficient (Wildman–Crippen LogP) is 1.04. The summed E-state index contributed by atoms with van der Waals surface area (Å²) >= 11 is 0. The Kier molecular flexibility index (Phi) is 4.34. The SMILES string of the molecule is CO[Si](CCC1CCO1)(OC)OC. The van der Waals surface area contributed by atoms with Crippen LogP contribution in [-0.4, -0.2) is 42.8 Å². The summed E-state index contributed by atoms with van der Waals surface area (Å²) in [6.07, 6.45) is 2.52. The van der Waals surface area contributed by atoms with E-state index in [1.54, 1.807) is 21.3 Å². The Bertz CT molecular complexity index is 137. The van der Waals surface area contributed by atoms with E-state index in [-0.39, 0.29) is 0 Å². The van der Waals surface area contributed by atoms with E-state index >= 15 is 0 Å². The van der Waals surface area contributed by atoms with Crippen LogP contribution in [0.25, 0.3) is 0 Å². The van der Waals surface area contributed by atoms with E-state index in [9.17, 15) is 0 Å². The van der Waals surface area contributed by atoms with Crippen LogP contribution < -0.4 is 0 Å². The van der Waals surface area contributed by atoms with Crippen molar-refractivity contribution in [3.63, 3.8) is 0 Å². The van der Waals surface area contributed by atoms with Gasteiger partial charge in [-0.3, -0.25) is 0 Å². The zero-order valence-electron chi connectivity index (χ0n) is 8.54. The van der Waals surface area contributed by atoms with Gasteiger partial charge in [-0.25, -0.2) is 0 Å². The zero-order chi connectivity index (χ0) is 9.73. The summed E-state index contributed by atoms with van der Waals surface area (Å²) in [6, 6.07) is 0.834. The van der Waals surface area contributed by atoms with Crippen LogP contribution in [0.15, 0.2) is 0 Å². The highest BCUT2D eigenvalue weighted by molar-refractivity contribution is 6.60. The molecule has 4 nitrogen and oxygen atoms in total. The van der Waals surface area contributed by atoms with E-state index in [0.29, 0.717) is 6.10 Å². The smallest absolute Gasteiger partial charge is 0.378 e. The maximum Gasteiger partial charge on any atom is 0.500 e. The Labute approximate surface area is 80.5 Å². The molecule has 0 amide bonds. The second kappa shape index (κ2) is 5.07. The largest absolute Gasteiger partial charge is 0.500 e. The molecule has 1 aliphatic rings. The summed E-state index contributed by atoms with van der Waals surface area (Å²) in [6.45, 7) is 0.895. The number of rotatable bonds is 6. The molecule has 1 aliphatic heterocycles. The van der Waals surface area contributed by atoms with E-state index in [4.69, 9.17) is 18.0 Å². The Balaban J connectivity index is 2.27. The van der Waals surface area contributed by atoms with Gasteiger partial charge in [0.15, 0.2) is 0 Å². The van der Waals surface area contributed by atoms with E-state index in [1.807, 2.05) is 0 Å². The highest BCUT2D eigenvalue weighted by Gasteiger charge is 2.38. The lowest BCUT2D eigenvalue weighted by Crippen LogP contribution is -2.44. The van der Waals surface area contributed by atoms with Crippen LogP contribution in [0.3, 0.4) is 0 Å². The summed E-state index contributed by atoms with van der Waals surface area (Å²) in [4.78, 5) is 0. The molecule has 0 bridgehead atoms. The molecule has 1 atom stereocenters. The molecule has 0 aromatic rings. The summed E-state index contributed by atoms with van der Waals surface area (Å²) in [7, 11) is 2.58. The molecule has 0 N–H and O–H groups in total. The molecule has 0 aromatic carbocycles. The Morgan fingerprint density at radius 1 is 1.23 bits per heavy atom. The molecule has 0 radical (unpaired) electrons. The summed E-state index contributed by atoms with van der Waals surface area (Å²) in [5.41, 5.74) is 0. The molecule has 1 rings (SSSR count). The summed E-state index contributed by atoms with van der Waals surface area (Å²) < 4.78 is 21.2. The van der Waals surface area contributed by atoms with Gasteiger partial charge in [0.1, 0.15) is 0 Å². The van der Waals surface area contributed by atoms with E-state index < -0.39 is 8.80 Å². The fourth-order valence-electron chi connectivity index (χ4n) is 1.41. The van der Waals surface area contributed by atoms with Gasteiger partial charge >= 0.3 is 8.80 Å². The minimum atomic E-state index is -2.34. The van der Waals surface area contributed by atoms with Gasteiger partial charge in [-0.05, 0) is 12.8 Å². The van der Waals surface area contributed by atoms with Crippen molar-refractivity contribution in [1.29, 1.82) is 0 Å². The average Bonchev–Trinajstić information content (AvgIpc) is 2.11. The normalized spacial score (nSPS) is 22.8. The van der Waals surface area contributed by atoms with Crippen LogP contribution >= 0.6 is 0 Å². The minimum absolute atomic E-state index is 0.396. The maximum atomic E-state index is 5.32. The van der Waals surface area contributed by atoms with Crippen LogP contribution in [-0.2, 0) is 18.0 Å². The second-order valence-corrected chi connectivity index (χ2v) is 6.21. The standard InChI is InChI=1S/C8H18O4Si/c1-9-13(10-2,11-3)7-5-8-4-6-12-8/h8H,4-7H2,1-3H3. The predicted molar refractivity (Wildman–Crippen MR) is 50.6 cm³/mol. The molecule has 0 aromatic heterocycles. The fourth-order valence-corrected chi connectivity index (χ4v) is 3.19. The molecule has 1 fully saturated rings. The maximum absolute atomic E-state index is 5.32. The van der Waals surface area contributed by atoms with Crippen LogP contribution in [0.2, 0.25) is 6.04 Å². The number of hydrogen-bond donors (Lipinski definition) is 0. The van der Waals surface area contributed by atoms with Crippen molar-refractivity contribution in [3.05, 3.63) is 0 Å². The molecule has 78 valence electrons. The molecule has 1 heterocycles. The van der Waals surface area contributed by atoms with Crippen LogP contribution in [0, 0.1) is 0 Å². The van der Waals surface area contributed by atoms with Crippen molar-refractivity contribution in [1.82, 2.24) is 0 Å². The molecule has 0 spiro atoms. The molecule has 0 aliphatic carbocycles. The van der Waals surface area contributed by atoms with E-state index in [2.05, 4.69) is 0 Å². The first-order valence-corrected chi connectivity index (χ1v) is 6.46. The van der Waals surface area contributed by atoms with Gasteiger partial charge in [-0.1, -0.05) is 0 Å². The Morgan fingerprint density at radius 2 is 1.77 bits per heavy atom. The van der Waals surface area contributed by atoms with Crippen LogP contribution in [0.5, 0.6) is 0 Å². The lowest BCUT2D eigenvalue weighted by molar-refractivity contribution is -0.0540. The number of ether oxygens (including phenoxy) is 1. The highest BCUT2D eigenvalue weighted by atomic mass is 28.4. The van der Waals surface area contributed by atoms with Crippen molar-refractivity contribution in [2.75, 3.05) is 27.9 Å². The molecular formula is C8H18O4Si. The van der Waals surface area contributed by atoms with Crippen molar-refractivity contribution in [3.8, 4) is 0 Å². The van der Waals surface area contributed by atoms with Crippen molar-refractivity contribution < 1.29 is 18.0 Å². The number of hydrogen-bond acceptors (Lipinski definition) is 4. The van der Waals surface area contributed by atoms with Gasteiger partial charge in [0.05, 0.1) is 6.10 Å². The first kappa shape index (κ1) is 11.1. The lowest BCUT2D eigenvalue weighted by Gasteiger charge is -2.30. The third-order valence-electron chi connectivity index (χ3n) is 2.50. The van der Waals surface area contributed by atoms with Gasteiger partial charge in [0.25, 0.3) is 0 Å². The van der Waals surface area contributed by atoms with Crippen LogP contribution in [0.1, 0.15) is 12.8 Å². The molecule has 1 unspecified atom stereocenters. The third kappa shape index (κ3) is 2.75. The van der Waals surface area contributed by atoms with Crippen molar-refractivity contribution in [2.45, 2.75) is 25.0 Å². The average molecular weight is 206 g/mol. The van der Waals surface area contributed by atoms with Gasteiger partial charge in [0.2, 0.25) is 0 Å². The molecule has 1 saturated heterocycles. The monoisotopic (exact) mass is 206 g/mol. The molecule has 13 heavy (non-hydrogen) atoms. The van der Waals surface area contributed by atoms with Gasteiger partial charge < -0.3 is 18.0 Å². The minimum Gasteiger partial charge on any atom is -0.378 e. The first-order valence-electron chi connectivity index (χ1n) is 4.53. The lowest BCUT2D eigenvalue weighted by atomic mass is 10.1. The Morgan fingerprint density at radius 3 is 2.08 bits per heavy atom. The molecule has 5 heteroatoms. The fraction of sp³-hybridized carbons (Fsp3) is 1.00. The zero-order valence-corrected chi connectivity index (χ0v) is 9.54. The Hall–Kier alpha value is 0.0569. The van der Waals surface area contributed by atoms with E-state index in [1.165, 1.54) is 0 Å². The molecular weight excluding hydrogens is 188 g/mol. The van der Waals surface area contributed by atoms with Crippen molar-refractivity contribution in [2.24, 2.45) is 0 Å². The third-order valence-corrected chi connectivity index (χ3v) is 5.27. The van der Waals surface area contributed by atoms with Gasteiger partial charge in [-0.2, -0.15) is 0 Å². The van der Waals surface area contributed by atoms with Gasteiger partial charge in [0, 0.05) is 34.0 Å². The first-order chi connectivity index (χ1) is 6.26. The summed E-state index contributed by atoms with van der Waals surface area (Å²) in [5, 5.41) is 0. The quantitative estimate of drug-likeness (QED) is 0.609. The highest BCUT2D eigenvalue weighted by Crippen LogP contribution is 2.22. The second-order valence-electron chi connectivity index (χ2n) is 3.12. The van der Waals surface area contributed by atoms with Crippen molar-refractivity contribution >= 4 is 8.80 Å². The summed E-state index contributed by atoms with van der Waals surface area (Å²) in [5.74, 6) is 0. The topological polar surface area (TPSA) is 36.9 Å². The van der Waals surface area contributed by atoms with Gasteiger partial charge in [-0.15, -0.1) is 0 Å².